The van der Waals surface area contributed by atoms with Crippen LogP contribution in [0, 0.1) is 5.92 Å². The van der Waals surface area contributed by atoms with Gasteiger partial charge in [0.1, 0.15) is 6.61 Å². The highest BCUT2D eigenvalue weighted by Gasteiger charge is 2.36. The lowest BCUT2D eigenvalue weighted by molar-refractivity contribution is -0.370. The summed E-state index contributed by atoms with van der Waals surface area (Å²) in [6.07, 6.45) is 39.4. The lowest BCUT2D eigenvalue weighted by Crippen LogP contribution is -2.45. The normalized spacial score (nSPS) is 14.3. The van der Waals surface area contributed by atoms with E-state index < -0.39 is 18.5 Å². The van der Waals surface area contributed by atoms with Crippen LogP contribution >= 0.6 is 0 Å². The molecular weight excluding hydrogens is 584 g/mol. The second kappa shape index (κ2) is 35.2. The number of aliphatic hydroxyl groups is 2. The Labute approximate surface area is 294 Å². The molecule has 0 radical (unpaired) electrons. The Balaban J connectivity index is 4.52. The van der Waals surface area contributed by atoms with Crippen LogP contribution in [0.25, 0.3) is 0 Å². The molecule has 0 aliphatic heterocycles. The minimum atomic E-state index is -2.25. The number of rotatable bonds is 38. The first-order valence-corrected chi connectivity index (χ1v) is 21.2. The van der Waals surface area contributed by atoms with Gasteiger partial charge in [0, 0.05) is 6.42 Å². The van der Waals surface area contributed by atoms with Gasteiger partial charge in [-0.2, -0.15) is 0 Å². The molecule has 0 heterocycles. The molecule has 0 aliphatic rings. The third kappa shape index (κ3) is 31.1. The number of hydrogen-bond acceptors (Lipinski definition) is 5. The molecule has 0 bridgehead atoms. The van der Waals surface area contributed by atoms with Crippen LogP contribution in [0.4, 0.5) is 0 Å². The van der Waals surface area contributed by atoms with Crippen molar-refractivity contribution in [1.82, 2.24) is 0 Å². The minimum Gasteiger partial charge on any atom is -0.406 e. The summed E-state index contributed by atoms with van der Waals surface area (Å²) in [5.41, 5.74) is 0. The zero-order chi connectivity index (χ0) is 34.7. The Morgan fingerprint density at radius 3 is 1.32 bits per heavy atom. The fraction of sp³-hybridized carbons (Fsp3) is 0.976. The standard InChI is InChI=1S/C42H84O5/c1-5-9-12-14-16-17-18-19-20-21-22-23-24-25-27-28-31-35-40(37-39(33-8-4)34-30-11-7-3)46-42(45,38-43)47-41(44)36-32-29-26-15-13-10-6-2/h39-40,43,45H,5-38H2,1-4H3. The third-order valence-electron chi connectivity index (χ3n) is 9.95. The summed E-state index contributed by atoms with van der Waals surface area (Å²) in [4.78, 5) is 12.6. The smallest absolute Gasteiger partial charge is 0.351 e. The van der Waals surface area contributed by atoms with E-state index in [2.05, 4.69) is 27.7 Å². The van der Waals surface area contributed by atoms with E-state index in [1.165, 1.54) is 141 Å². The predicted molar refractivity (Wildman–Crippen MR) is 202 cm³/mol. The van der Waals surface area contributed by atoms with Gasteiger partial charge in [-0.3, -0.25) is 4.79 Å². The van der Waals surface area contributed by atoms with Crippen molar-refractivity contribution in [2.45, 2.75) is 252 Å². The van der Waals surface area contributed by atoms with Crippen molar-refractivity contribution in [2.24, 2.45) is 5.92 Å². The molecular formula is C42H84O5. The van der Waals surface area contributed by atoms with Crippen molar-refractivity contribution in [3.63, 3.8) is 0 Å². The van der Waals surface area contributed by atoms with Gasteiger partial charge in [0.25, 0.3) is 0 Å². The molecule has 0 amide bonds. The van der Waals surface area contributed by atoms with Gasteiger partial charge in [0.15, 0.2) is 0 Å². The Kier molecular flexibility index (Phi) is 34.7. The topological polar surface area (TPSA) is 76.0 Å². The average molecular weight is 669 g/mol. The van der Waals surface area contributed by atoms with Gasteiger partial charge in [-0.05, 0) is 25.2 Å². The fourth-order valence-electron chi connectivity index (χ4n) is 6.97. The highest BCUT2D eigenvalue weighted by atomic mass is 16.8. The van der Waals surface area contributed by atoms with Gasteiger partial charge in [-0.15, -0.1) is 0 Å². The number of hydrogen-bond donors (Lipinski definition) is 2. The highest BCUT2D eigenvalue weighted by Crippen LogP contribution is 2.28. The van der Waals surface area contributed by atoms with Gasteiger partial charge in [-0.25, -0.2) is 0 Å². The molecule has 0 saturated carbocycles. The largest absolute Gasteiger partial charge is 0.406 e. The van der Waals surface area contributed by atoms with Crippen LogP contribution in [0.3, 0.4) is 0 Å². The maximum Gasteiger partial charge on any atom is 0.351 e. The number of carbonyl (C=O) groups excluding carboxylic acids is 1. The summed E-state index contributed by atoms with van der Waals surface area (Å²) in [6, 6.07) is 0. The van der Waals surface area contributed by atoms with Crippen LogP contribution in [0.5, 0.6) is 0 Å². The summed E-state index contributed by atoms with van der Waals surface area (Å²) in [6.45, 7) is 8.23. The summed E-state index contributed by atoms with van der Waals surface area (Å²) < 4.78 is 11.5. The molecule has 0 aromatic rings. The van der Waals surface area contributed by atoms with Crippen LogP contribution in [0.15, 0.2) is 0 Å². The van der Waals surface area contributed by atoms with Crippen molar-refractivity contribution < 1.29 is 24.5 Å². The van der Waals surface area contributed by atoms with Gasteiger partial charge in [-0.1, -0.05) is 214 Å². The summed E-state index contributed by atoms with van der Waals surface area (Å²) in [5.74, 6) is -2.22. The maximum atomic E-state index is 12.6. The van der Waals surface area contributed by atoms with E-state index in [0.29, 0.717) is 5.92 Å². The number of esters is 1. The summed E-state index contributed by atoms with van der Waals surface area (Å²) >= 11 is 0. The second-order valence-electron chi connectivity index (χ2n) is 14.8. The quantitative estimate of drug-likeness (QED) is 0.0389. The molecule has 0 rings (SSSR count). The van der Waals surface area contributed by atoms with Crippen molar-refractivity contribution in [3.05, 3.63) is 0 Å². The van der Waals surface area contributed by atoms with Crippen LogP contribution < -0.4 is 0 Å². The van der Waals surface area contributed by atoms with Crippen molar-refractivity contribution in [2.75, 3.05) is 6.61 Å². The Bertz CT molecular complexity index is 641. The molecule has 47 heavy (non-hydrogen) atoms. The van der Waals surface area contributed by atoms with E-state index >= 15 is 0 Å². The first kappa shape index (κ1) is 46.4. The zero-order valence-electron chi connectivity index (χ0n) is 32.3. The molecule has 3 unspecified atom stereocenters. The molecule has 0 fully saturated rings. The Hall–Kier alpha value is -0.650. The van der Waals surface area contributed by atoms with E-state index in [9.17, 15) is 15.0 Å². The van der Waals surface area contributed by atoms with Crippen LogP contribution in [-0.2, 0) is 14.3 Å². The molecule has 0 spiro atoms. The monoisotopic (exact) mass is 669 g/mol. The van der Waals surface area contributed by atoms with Crippen molar-refractivity contribution in [3.8, 4) is 0 Å². The molecule has 0 aliphatic carbocycles. The number of aliphatic hydroxyl groups excluding tert-OH is 1. The highest BCUT2D eigenvalue weighted by molar-refractivity contribution is 5.69. The first-order valence-electron chi connectivity index (χ1n) is 21.2. The van der Waals surface area contributed by atoms with Crippen LogP contribution in [0.1, 0.15) is 240 Å². The van der Waals surface area contributed by atoms with Crippen LogP contribution in [0.2, 0.25) is 0 Å². The van der Waals surface area contributed by atoms with E-state index in [0.717, 1.165) is 64.2 Å². The molecule has 282 valence electrons. The molecule has 5 nitrogen and oxygen atoms in total. The van der Waals surface area contributed by atoms with E-state index in [1.54, 1.807) is 0 Å². The Morgan fingerprint density at radius 1 is 0.511 bits per heavy atom. The van der Waals surface area contributed by atoms with E-state index in [4.69, 9.17) is 9.47 Å². The number of ether oxygens (including phenoxy) is 2. The van der Waals surface area contributed by atoms with Gasteiger partial charge >= 0.3 is 11.9 Å². The predicted octanol–water partition coefficient (Wildman–Crippen LogP) is 13.1. The lowest BCUT2D eigenvalue weighted by atomic mass is 9.89. The molecule has 0 aromatic heterocycles. The Morgan fingerprint density at radius 2 is 0.894 bits per heavy atom. The van der Waals surface area contributed by atoms with Gasteiger partial charge in [0.2, 0.25) is 0 Å². The van der Waals surface area contributed by atoms with Gasteiger partial charge < -0.3 is 19.7 Å². The molecule has 2 N–H and O–H groups in total. The summed E-state index contributed by atoms with van der Waals surface area (Å²) in [7, 11) is 0. The first-order chi connectivity index (χ1) is 22.9. The maximum absolute atomic E-state index is 12.6. The van der Waals surface area contributed by atoms with Gasteiger partial charge in [0.05, 0.1) is 6.10 Å². The lowest BCUT2D eigenvalue weighted by Gasteiger charge is -2.32. The second-order valence-corrected chi connectivity index (χ2v) is 14.8. The molecule has 3 atom stereocenters. The molecule has 0 aromatic carbocycles. The van der Waals surface area contributed by atoms with E-state index in [-0.39, 0.29) is 12.5 Å². The molecule has 5 heteroatoms. The average Bonchev–Trinajstić information content (AvgIpc) is 3.05. The minimum absolute atomic E-state index is 0.229. The van der Waals surface area contributed by atoms with Crippen molar-refractivity contribution >= 4 is 5.97 Å². The SMILES string of the molecule is CCCCCCCCCCCCCCCCCCCC(CC(CCC)CCCCC)OC(O)(CO)OC(=O)CCCCCCCCC. The van der Waals surface area contributed by atoms with Crippen LogP contribution in [-0.4, -0.2) is 34.9 Å². The fourth-order valence-corrected chi connectivity index (χ4v) is 6.97. The number of unbranched alkanes of at least 4 members (excludes halogenated alkanes) is 24. The number of carbonyl (C=O) groups is 1. The van der Waals surface area contributed by atoms with Crippen molar-refractivity contribution in [1.29, 1.82) is 0 Å². The summed E-state index contributed by atoms with van der Waals surface area (Å²) in [5, 5.41) is 21.1. The molecule has 0 saturated heterocycles. The third-order valence-corrected chi connectivity index (χ3v) is 9.95. The van der Waals surface area contributed by atoms with E-state index in [1.807, 2.05) is 0 Å². The zero-order valence-corrected chi connectivity index (χ0v) is 32.3.